The fourth-order valence-corrected chi connectivity index (χ4v) is 10.5. The summed E-state index contributed by atoms with van der Waals surface area (Å²) in [7, 11) is 0. The highest BCUT2D eigenvalue weighted by atomic mass is 32.1. The van der Waals surface area contributed by atoms with Gasteiger partial charge in [0, 0.05) is 64.1 Å². The van der Waals surface area contributed by atoms with Crippen LogP contribution >= 0.6 is 11.3 Å². The van der Waals surface area contributed by atoms with E-state index in [0.29, 0.717) is 5.82 Å². The average molecular weight is 822 g/mol. The topological polar surface area (TPSA) is 43.9 Å². The van der Waals surface area contributed by atoms with Gasteiger partial charge in [-0.05, 0) is 101 Å². The predicted octanol–water partition coefficient (Wildman–Crippen LogP) is 16.2. The predicted molar refractivity (Wildman–Crippen MR) is 264 cm³/mol. The molecule has 0 atom stereocenters. The maximum absolute atomic E-state index is 6.20. The molecule has 0 saturated heterocycles. The molecule has 0 bridgehead atoms. The molecule has 0 amide bonds. The summed E-state index contributed by atoms with van der Waals surface area (Å²) in [6.45, 7) is 0. The van der Waals surface area contributed by atoms with Gasteiger partial charge in [-0.3, -0.25) is 0 Å². The maximum Gasteiger partial charge on any atom is 0.161 e. The molecular formula is C58H35N3OS. The van der Waals surface area contributed by atoms with Crippen LogP contribution in [-0.4, -0.2) is 14.5 Å². The van der Waals surface area contributed by atoms with E-state index in [1.165, 1.54) is 64.2 Å². The van der Waals surface area contributed by atoms with E-state index in [1.807, 2.05) is 29.5 Å². The number of para-hydroxylation sites is 2. The molecule has 294 valence electrons. The number of hydrogen-bond donors (Lipinski definition) is 0. The number of hydrogen-bond acceptors (Lipinski definition) is 4. The van der Waals surface area contributed by atoms with Gasteiger partial charge in [-0.15, -0.1) is 11.3 Å². The molecule has 0 spiro atoms. The molecular weight excluding hydrogens is 787 g/mol. The number of benzene rings is 9. The molecule has 0 N–H and O–H groups in total. The molecule has 4 heterocycles. The highest BCUT2D eigenvalue weighted by Gasteiger charge is 2.19. The molecule has 9 aromatic carbocycles. The summed E-state index contributed by atoms with van der Waals surface area (Å²) in [4.78, 5) is 10.7. The van der Waals surface area contributed by atoms with E-state index in [9.17, 15) is 0 Å². The maximum atomic E-state index is 6.20. The van der Waals surface area contributed by atoms with Crippen molar-refractivity contribution in [3.05, 3.63) is 212 Å². The minimum absolute atomic E-state index is 0.699. The first-order valence-electron chi connectivity index (χ1n) is 21.2. The van der Waals surface area contributed by atoms with Crippen molar-refractivity contribution in [1.29, 1.82) is 0 Å². The second kappa shape index (κ2) is 14.2. The molecule has 4 nitrogen and oxygen atoms in total. The molecule has 0 unspecified atom stereocenters. The van der Waals surface area contributed by atoms with Crippen LogP contribution in [0.25, 0.3) is 126 Å². The van der Waals surface area contributed by atoms with Gasteiger partial charge in [0.25, 0.3) is 0 Å². The quantitative estimate of drug-likeness (QED) is 0.168. The SMILES string of the molecule is c1ccc(-c2cccc(-n3c4ccccc4c4cc(-c5ccc6sc7cccc(-c8nc(-c9ccccc9)cc(-c9ccc%10oc%11ccccc%11c%10c9)n8)c7c6c5)ccc43)c2)cc1. The van der Waals surface area contributed by atoms with Crippen LogP contribution in [0.1, 0.15) is 0 Å². The van der Waals surface area contributed by atoms with Crippen molar-refractivity contribution in [2.75, 3.05) is 0 Å². The normalized spacial score (nSPS) is 11.8. The first-order chi connectivity index (χ1) is 31.2. The Bertz CT molecular complexity index is 3920. The van der Waals surface area contributed by atoms with Gasteiger partial charge in [0.15, 0.2) is 5.82 Å². The molecule has 63 heavy (non-hydrogen) atoms. The lowest BCUT2D eigenvalue weighted by Gasteiger charge is -2.11. The summed E-state index contributed by atoms with van der Waals surface area (Å²) in [5.74, 6) is 0.699. The third-order valence-electron chi connectivity index (χ3n) is 12.4. The Morgan fingerprint density at radius 2 is 0.984 bits per heavy atom. The Kier molecular flexibility index (Phi) is 8.05. The Hall–Kier alpha value is -8.12. The Balaban J connectivity index is 0.962. The van der Waals surface area contributed by atoms with E-state index in [2.05, 4.69) is 199 Å². The molecule has 0 saturated carbocycles. The highest BCUT2D eigenvalue weighted by Crippen LogP contribution is 2.43. The second-order valence-electron chi connectivity index (χ2n) is 16.1. The van der Waals surface area contributed by atoms with Crippen LogP contribution in [0.3, 0.4) is 0 Å². The van der Waals surface area contributed by atoms with E-state index in [-0.39, 0.29) is 0 Å². The lowest BCUT2D eigenvalue weighted by atomic mass is 9.99. The van der Waals surface area contributed by atoms with Gasteiger partial charge in [0.2, 0.25) is 0 Å². The number of thiophene rings is 1. The third kappa shape index (κ3) is 5.89. The summed E-state index contributed by atoms with van der Waals surface area (Å²) < 4.78 is 11.0. The average Bonchev–Trinajstić information content (AvgIpc) is 4.03. The summed E-state index contributed by atoms with van der Waals surface area (Å²) in [5, 5.41) is 6.99. The van der Waals surface area contributed by atoms with Gasteiger partial charge in [-0.2, -0.15) is 0 Å². The molecule has 0 aliphatic rings. The van der Waals surface area contributed by atoms with E-state index in [0.717, 1.165) is 55.7 Å². The van der Waals surface area contributed by atoms with E-state index in [4.69, 9.17) is 14.4 Å². The van der Waals surface area contributed by atoms with E-state index in [1.54, 1.807) is 0 Å². The molecule has 0 radical (unpaired) electrons. The first-order valence-corrected chi connectivity index (χ1v) is 22.0. The number of aromatic nitrogens is 3. The molecule has 13 rings (SSSR count). The van der Waals surface area contributed by atoms with Crippen molar-refractivity contribution in [3.8, 4) is 61.8 Å². The van der Waals surface area contributed by atoms with Crippen molar-refractivity contribution in [1.82, 2.24) is 14.5 Å². The van der Waals surface area contributed by atoms with Gasteiger partial charge in [-0.1, -0.05) is 133 Å². The summed E-state index contributed by atoms with van der Waals surface area (Å²) in [6.07, 6.45) is 0. The third-order valence-corrected chi connectivity index (χ3v) is 13.6. The standard InChI is InChI=1S/C58H35N3OS/c1-3-13-36(14-4-1)38-17-11-18-42(31-38)61-51-22-9-7-19-43(51)46-32-39(25-28-52(46)61)40-27-30-55-48(33-40)57-45(21-12-24-56(57)63-55)58-59-49(37-15-5-2-6-16-37)35-50(60-58)41-26-29-54-47(34-41)44-20-8-10-23-53(44)62-54/h1-35H. The van der Waals surface area contributed by atoms with Crippen molar-refractivity contribution >= 4 is 75.3 Å². The minimum Gasteiger partial charge on any atom is -0.456 e. The van der Waals surface area contributed by atoms with Gasteiger partial charge in [-0.25, -0.2) is 9.97 Å². The molecule has 4 aromatic heterocycles. The largest absolute Gasteiger partial charge is 0.456 e. The molecule has 0 aliphatic carbocycles. The molecule has 0 fully saturated rings. The lowest BCUT2D eigenvalue weighted by molar-refractivity contribution is 0.669. The van der Waals surface area contributed by atoms with Crippen molar-refractivity contribution in [2.45, 2.75) is 0 Å². The van der Waals surface area contributed by atoms with Crippen LogP contribution in [0.4, 0.5) is 0 Å². The van der Waals surface area contributed by atoms with Crippen molar-refractivity contribution < 1.29 is 4.42 Å². The highest BCUT2D eigenvalue weighted by molar-refractivity contribution is 7.26. The summed E-state index contributed by atoms with van der Waals surface area (Å²) >= 11 is 1.81. The van der Waals surface area contributed by atoms with Gasteiger partial charge >= 0.3 is 0 Å². The minimum atomic E-state index is 0.699. The lowest BCUT2D eigenvalue weighted by Crippen LogP contribution is -1.96. The zero-order valence-electron chi connectivity index (χ0n) is 33.9. The molecule has 0 aliphatic heterocycles. The second-order valence-corrected chi connectivity index (χ2v) is 17.2. The number of nitrogens with zero attached hydrogens (tertiary/aromatic N) is 3. The smallest absolute Gasteiger partial charge is 0.161 e. The monoisotopic (exact) mass is 821 g/mol. The van der Waals surface area contributed by atoms with Crippen LogP contribution in [0, 0.1) is 0 Å². The van der Waals surface area contributed by atoms with Crippen LogP contribution < -0.4 is 0 Å². The van der Waals surface area contributed by atoms with E-state index < -0.39 is 0 Å². The van der Waals surface area contributed by atoms with Gasteiger partial charge < -0.3 is 8.98 Å². The number of rotatable bonds is 6. The fraction of sp³-hybridized carbons (Fsp3) is 0. The van der Waals surface area contributed by atoms with Crippen molar-refractivity contribution in [2.24, 2.45) is 0 Å². The summed E-state index contributed by atoms with van der Waals surface area (Å²) in [5.41, 5.74) is 14.8. The zero-order valence-corrected chi connectivity index (χ0v) is 34.7. The Morgan fingerprint density at radius 1 is 0.365 bits per heavy atom. The van der Waals surface area contributed by atoms with Crippen LogP contribution in [-0.2, 0) is 0 Å². The Labute approximate surface area is 366 Å². The Morgan fingerprint density at radius 3 is 1.84 bits per heavy atom. The van der Waals surface area contributed by atoms with Gasteiger partial charge in [0.05, 0.1) is 22.4 Å². The fourth-order valence-electron chi connectivity index (χ4n) is 9.44. The van der Waals surface area contributed by atoms with Crippen LogP contribution in [0.15, 0.2) is 217 Å². The first kappa shape index (κ1) is 35.6. The number of fused-ring (bicyclic) bond motifs is 9. The van der Waals surface area contributed by atoms with Crippen molar-refractivity contribution in [3.63, 3.8) is 0 Å². The zero-order chi connectivity index (χ0) is 41.4. The number of furan rings is 1. The molecule has 5 heteroatoms. The van der Waals surface area contributed by atoms with Gasteiger partial charge in [0.1, 0.15) is 11.2 Å². The van der Waals surface area contributed by atoms with Crippen LogP contribution in [0.2, 0.25) is 0 Å². The van der Waals surface area contributed by atoms with Crippen LogP contribution in [0.5, 0.6) is 0 Å². The molecule has 13 aromatic rings. The van der Waals surface area contributed by atoms with E-state index >= 15 is 0 Å². The summed E-state index contributed by atoms with van der Waals surface area (Å²) in [6, 6.07) is 75.6.